The van der Waals surface area contributed by atoms with Crippen LogP contribution >= 0.6 is 0 Å². The summed E-state index contributed by atoms with van der Waals surface area (Å²) in [6.45, 7) is 5.95. The third kappa shape index (κ3) is 4.79. The number of hydrogen-bond donors (Lipinski definition) is 0. The topological polar surface area (TPSA) is 53.0 Å². The highest BCUT2D eigenvalue weighted by molar-refractivity contribution is 6.08. The molecule has 1 amide bonds. The Morgan fingerprint density at radius 1 is 1.16 bits per heavy atom. The molecule has 1 atom stereocenters. The summed E-state index contributed by atoms with van der Waals surface area (Å²) < 4.78 is 38.4. The number of piperazine rings is 1. The van der Waals surface area contributed by atoms with E-state index in [1.807, 2.05) is 37.8 Å². The molecule has 1 aromatic carbocycles. The second kappa shape index (κ2) is 9.30. The quantitative estimate of drug-likeness (QED) is 0.583. The fraction of sp³-hybridized carbons (Fsp3) is 0.458. The van der Waals surface area contributed by atoms with Gasteiger partial charge in [0.1, 0.15) is 6.04 Å². The summed E-state index contributed by atoms with van der Waals surface area (Å²) in [5.41, 5.74) is 0.696. The first-order valence-electron chi connectivity index (χ1n) is 10.8. The number of allylic oxidation sites excluding steroid dienone is 3. The lowest BCUT2D eigenvalue weighted by Crippen LogP contribution is -2.59. The Hall–Kier alpha value is -2.90. The van der Waals surface area contributed by atoms with Crippen LogP contribution in [0.5, 0.6) is 0 Å². The summed E-state index contributed by atoms with van der Waals surface area (Å²) in [5, 5.41) is 0. The number of likely N-dealkylation sites (N-methyl/N-ethyl adjacent to an activating group) is 1. The molecule has 0 unspecified atom stereocenters. The zero-order valence-electron chi connectivity index (χ0n) is 18.7. The number of rotatable bonds is 5. The predicted molar refractivity (Wildman–Crippen MR) is 117 cm³/mol. The Balaban J connectivity index is 1.92. The van der Waals surface area contributed by atoms with E-state index >= 15 is 0 Å². The minimum absolute atomic E-state index is 0.0123. The molecule has 0 aliphatic carbocycles. The summed E-state index contributed by atoms with van der Waals surface area (Å²) in [4.78, 5) is 34.1. The molecular weight excluding hydrogens is 419 g/mol. The highest BCUT2D eigenvalue weighted by Crippen LogP contribution is 2.30. The van der Waals surface area contributed by atoms with Crippen LogP contribution in [0.1, 0.15) is 62.4 Å². The standard InChI is InChI=1S/C24H28F3N3O2/c1-5-19-23(32)29(4)20-9-7-6-8-18(28-22(20)30(19)15(2)3)14-21(31)16-10-12-17(13-11-16)24(25,26)27/h8-13,15,19H,5-7,14H2,1-4H3/b18-8-,20-9+,28-22-/t19-/m1/s1. The number of ketones is 1. The van der Waals surface area contributed by atoms with Crippen LogP contribution in [-0.2, 0) is 11.0 Å². The summed E-state index contributed by atoms with van der Waals surface area (Å²) >= 11 is 0. The lowest BCUT2D eigenvalue weighted by Gasteiger charge is -2.45. The molecule has 5 nitrogen and oxygen atoms in total. The molecule has 3 rings (SSSR count). The fourth-order valence-corrected chi connectivity index (χ4v) is 4.09. The van der Waals surface area contributed by atoms with Crippen LogP contribution in [0.4, 0.5) is 13.2 Å². The second-order valence-electron chi connectivity index (χ2n) is 8.29. The third-order valence-corrected chi connectivity index (χ3v) is 5.74. The van der Waals surface area contributed by atoms with E-state index in [0.29, 0.717) is 30.8 Å². The average Bonchev–Trinajstić information content (AvgIpc) is 2.72. The zero-order chi connectivity index (χ0) is 23.6. The molecule has 0 N–H and O–H groups in total. The maximum atomic E-state index is 12.9. The van der Waals surface area contributed by atoms with Crippen LogP contribution in [0.15, 0.2) is 52.8 Å². The van der Waals surface area contributed by atoms with E-state index in [1.165, 1.54) is 12.1 Å². The molecule has 1 aromatic rings. The molecule has 2 aliphatic heterocycles. The Morgan fingerprint density at radius 3 is 2.34 bits per heavy atom. The van der Waals surface area contributed by atoms with E-state index in [9.17, 15) is 22.8 Å². The Bertz CT molecular complexity index is 975. The SMILES string of the molecule is CC[C@@H]1C(=O)N(C)C2=C\CC\C=C(CC(=O)c3ccc(C(F)(F)F)cc3)/N=C/2N1C(C)C. The van der Waals surface area contributed by atoms with Crippen LogP contribution in [0.3, 0.4) is 0 Å². The Kier molecular flexibility index (Phi) is 6.91. The van der Waals surface area contributed by atoms with E-state index in [-0.39, 0.29) is 35.8 Å². The number of alkyl halides is 3. The van der Waals surface area contributed by atoms with E-state index in [0.717, 1.165) is 17.8 Å². The van der Waals surface area contributed by atoms with Crippen molar-refractivity contribution in [1.29, 1.82) is 0 Å². The number of Topliss-reactive ketones (excluding diaryl/α,β-unsaturated/α-hetero) is 1. The molecule has 8 heteroatoms. The van der Waals surface area contributed by atoms with Gasteiger partial charge < -0.3 is 9.80 Å². The van der Waals surface area contributed by atoms with Gasteiger partial charge in [-0.25, -0.2) is 4.99 Å². The summed E-state index contributed by atoms with van der Waals surface area (Å²) in [7, 11) is 1.74. The van der Waals surface area contributed by atoms with Gasteiger partial charge in [0, 0.05) is 24.4 Å². The summed E-state index contributed by atoms with van der Waals surface area (Å²) in [6.07, 6.45) is 1.36. The summed E-state index contributed by atoms with van der Waals surface area (Å²) in [5.74, 6) is 0.363. The number of halogens is 3. The maximum Gasteiger partial charge on any atom is 0.416 e. The van der Waals surface area contributed by atoms with Gasteiger partial charge >= 0.3 is 6.18 Å². The lowest BCUT2D eigenvalue weighted by atomic mass is 10.0. The van der Waals surface area contributed by atoms with Crippen LogP contribution in [0.25, 0.3) is 0 Å². The number of fused-ring (bicyclic) bond motifs is 1. The first-order chi connectivity index (χ1) is 15.0. The van der Waals surface area contributed by atoms with Gasteiger partial charge in [-0.15, -0.1) is 0 Å². The molecule has 0 bridgehead atoms. The summed E-state index contributed by atoms with van der Waals surface area (Å²) in [6, 6.07) is 3.91. The van der Waals surface area contributed by atoms with Crippen LogP contribution in [0, 0.1) is 0 Å². The molecule has 2 heterocycles. The van der Waals surface area contributed by atoms with Gasteiger partial charge in [0.15, 0.2) is 11.6 Å². The minimum Gasteiger partial charge on any atom is -0.340 e. The molecule has 0 aromatic heterocycles. The monoisotopic (exact) mass is 447 g/mol. The van der Waals surface area contributed by atoms with Gasteiger partial charge in [-0.3, -0.25) is 9.59 Å². The van der Waals surface area contributed by atoms with Crippen LogP contribution in [-0.4, -0.2) is 46.5 Å². The van der Waals surface area contributed by atoms with Crippen molar-refractivity contribution >= 4 is 17.5 Å². The molecule has 2 aliphatic rings. The molecule has 172 valence electrons. The number of carbonyl (C=O) groups excluding carboxylic acids is 2. The number of benzene rings is 1. The number of aliphatic imine (C=N–C) groups is 1. The predicted octanol–water partition coefficient (Wildman–Crippen LogP) is 5.20. The van der Waals surface area contributed by atoms with Crippen molar-refractivity contribution in [2.24, 2.45) is 4.99 Å². The van der Waals surface area contributed by atoms with Crippen LogP contribution < -0.4 is 0 Å². The molecule has 1 fully saturated rings. The first kappa shape index (κ1) is 23.8. The zero-order valence-corrected chi connectivity index (χ0v) is 18.7. The number of nitrogens with zero attached hydrogens (tertiary/aromatic N) is 3. The number of hydrogen-bond acceptors (Lipinski definition) is 4. The molecule has 0 saturated carbocycles. The van der Waals surface area contributed by atoms with E-state index in [2.05, 4.69) is 0 Å². The van der Waals surface area contributed by atoms with Crippen molar-refractivity contribution in [3.63, 3.8) is 0 Å². The van der Waals surface area contributed by atoms with E-state index in [1.54, 1.807) is 11.9 Å². The van der Waals surface area contributed by atoms with Crippen molar-refractivity contribution in [2.75, 3.05) is 7.05 Å². The molecule has 32 heavy (non-hydrogen) atoms. The maximum absolute atomic E-state index is 12.9. The number of amides is 1. The number of amidine groups is 1. The van der Waals surface area contributed by atoms with Crippen molar-refractivity contribution < 1.29 is 22.8 Å². The van der Waals surface area contributed by atoms with Gasteiger partial charge in [-0.2, -0.15) is 13.2 Å². The normalized spacial score (nSPS) is 24.6. The van der Waals surface area contributed by atoms with Gasteiger partial charge in [0.05, 0.1) is 17.7 Å². The average molecular weight is 448 g/mol. The molecular formula is C24H28F3N3O2. The van der Waals surface area contributed by atoms with Crippen molar-refractivity contribution in [3.8, 4) is 0 Å². The van der Waals surface area contributed by atoms with E-state index in [4.69, 9.17) is 4.99 Å². The molecule has 0 radical (unpaired) electrons. The Labute approximate surface area is 186 Å². The van der Waals surface area contributed by atoms with Crippen molar-refractivity contribution in [3.05, 3.63) is 58.9 Å². The van der Waals surface area contributed by atoms with Crippen LogP contribution in [0.2, 0.25) is 0 Å². The van der Waals surface area contributed by atoms with Crippen molar-refractivity contribution in [1.82, 2.24) is 9.80 Å². The lowest BCUT2D eigenvalue weighted by molar-refractivity contribution is -0.137. The highest BCUT2D eigenvalue weighted by Gasteiger charge is 2.40. The Morgan fingerprint density at radius 2 is 1.78 bits per heavy atom. The van der Waals surface area contributed by atoms with Gasteiger partial charge in [0.25, 0.3) is 0 Å². The smallest absolute Gasteiger partial charge is 0.340 e. The second-order valence-corrected chi connectivity index (χ2v) is 8.29. The molecule has 0 spiro atoms. The molecule has 1 saturated heterocycles. The fourth-order valence-electron chi connectivity index (χ4n) is 4.09. The highest BCUT2D eigenvalue weighted by atomic mass is 19.4. The largest absolute Gasteiger partial charge is 0.416 e. The van der Waals surface area contributed by atoms with Gasteiger partial charge in [0.2, 0.25) is 5.91 Å². The third-order valence-electron chi connectivity index (χ3n) is 5.74. The number of carbonyl (C=O) groups is 2. The van der Waals surface area contributed by atoms with Gasteiger partial charge in [-0.1, -0.05) is 31.2 Å². The van der Waals surface area contributed by atoms with E-state index < -0.39 is 11.7 Å². The van der Waals surface area contributed by atoms with Gasteiger partial charge in [-0.05, 0) is 45.2 Å². The first-order valence-corrected chi connectivity index (χ1v) is 10.8. The van der Waals surface area contributed by atoms with Crippen molar-refractivity contribution in [2.45, 2.75) is 64.7 Å². The minimum atomic E-state index is -4.45.